The smallest absolute Gasteiger partial charge is 0.326 e. The van der Waals surface area contributed by atoms with Gasteiger partial charge < -0.3 is 4.90 Å². The average Bonchev–Trinajstić information content (AvgIpc) is 2.67. The molecule has 1 aliphatic carbocycles. The van der Waals surface area contributed by atoms with Crippen molar-refractivity contribution in [2.45, 2.75) is 53.4 Å². The maximum absolute atomic E-state index is 13.8. The van der Waals surface area contributed by atoms with Crippen LogP contribution in [0.4, 0.5) is 4.79 Å². The number of urea groups is 1. The van der Waals surface area contributed by atoms with Crippen LogP contribution in [0.25, 0.3) is 0 Å². The first-order valence-corrected chi connectivity index (χ1v) is 10.7. The number of imide groups is 1. The largest absolute Gasteiger partial charge is 0.330 e. The molecule has 0 spiro atoms. The summed E-state index contributed by atoms with van der Waals surface area (Å²) in [5.41, 5.74) is -0.123. The standard InChI is InChI=1S/C24H36N2O3/c1-17(2)14-20-13-12-18(3)15-24(20,4)22(28)26(23(29)25(5)6)16-21(27)19-10-8-7-9-11-19/h7-11,17-18,20H,12-16H2,1-6H3/t18-,20+,24-/m1/s1. The molecule has 3 atom stereocenters. The van der Waals surface area contributed by atoms with E-state index in [0.717, 1.165) is 25.7 Å². The Hall–Kier alpha value is -2.17. The summed E-state index contributed by atoms with van der Waals surface area (Å²) in [6.07, 6.45) is 3.79. The molecule has 2 rings (SSSR count). The van der Waals surface area contributed by atoms with Crippen LogP contribution in [0.2, 0.25) is 0 Å². The summed E-state index contributed by atoms with van der Waals surface area (Å²) in [4.78, 5) is 42.1. The van der Waals surface area contributed by atoms with Crippen LogP contribution in [0.3, 0.4) is 0 Å². The summed E-state index contributed by atoms with van der Waals surface area (Å²) in [6, 6.07) is 8.42. The van der Waals surface area contributed by atoms with E-state index < -0.39 is 11.4 Å². The molecular weight excluding hydrogens is 364 g/mol. The molecular formula is C24H36N2O3. The lowest BCUT2D eigenvalue weighted by Gasteiger charge is -2.45. The van der Waals surface area contributed by atoms with Crippen molar-refractivity contribution in [1.82, 2.24) is 9.80 Å². The number of carbonyl (C=O) groups is 3. The number of hydrogen-bond acceptors (Lipinski definition) is 3. The molecule has 0 aliphatic heterocycles. The van der Waals surface area contributed by atoms with Gasteiger partial charge in [0.25, 0.3) is 0 Å². The second-order valence-corrected chi connectivity index (χ2v) is 9.49. The molecule has 5 heteroatoms. The molecule has 3 amide bonds. The van der Waals surface area contributed by atoms with Gasteiger partial charge in [-0.25, -0.2) is 4.79 Å². The van der Waals surface area contributed by atoms with E-state index in [9.17, 15) is 14.4 Å². The van der Waals surface area contributed by atoms with Crippen LogP contribution >= 0.6 is 0 Å². The van der Waals surface area contributed by atoms with Gasteiger partial charge in [0.2, 0.25) is 5.91 Å². The normalized spacial score (nSPS) is 24.2. The van der Waals surface area contributed by atoms with Gasteiger partial charge in [-0.05, 0) is 37.0 Å². The highest BCUT2D eigenvalue weighted by atomic mass is 16.2. The fraction of sp³-hybridized carbons (Fsp3) is 0.625. The highest BCUT2D eigenvalue weighted by Crippen LogP contribution is 2.47. The van der Waals surface area contributed by atoms with Gasteiger partial charge in [-0.1, -0.05) is 64.4 Å². The van der Waals surface area contributed by atoms with Gasteiger partial charge in [-0.2, -0.15) is 0 Å². The molecule has 1 saturated carbocycles. The molecule has 0 bridgehead atoms. The van der Waals surface area contributed by atoms with Crippen LogP contribution in [0.15, 0.2) is 30.3 Å². The number of benzene rings is 1. The van der Waals surface area contributed by atoms with Crippen LogP contribution < -0.4 is 0 Å². The minimum atomic E-state index is -0.634. The van der Waals surface area contributed by atoms with Crippen molar-refractivity contribution in [1.29, 1.82) is 0 Å². The lowest BCUT2D eigenvalue weighted by molar-refractivity contribution is -0.145. The zero-order valence-electron chi connectivity index (χ0n) is 18.8. The number of rotatable bonds is 6. The van der Waals surface area contributed by atoms with Crippen LogP contribution in [-0.4, -0.2) is 48.2 Å². The van der Waals surface area contributed by atoms with Gasteiger partial charge in [0.15, 0.2) is 5.78 Å². The molecule has 0 aromatic heterocycles. The first-order valence-electron chi connectivity index (χ1n) is 10.7. The Bertz CT molecular complexity index is 729. The van der Waals surface area contributed by atoms with E-state index in [0.29, 0.717) is 17.4 Å². The summed E-state index contributed by atoms with van der Waals surface area (Å²) in [6.45, 7) is 8.29. The number of Topliss-reactive ketones (excluding diaryl/α,β-unsaturated/α-hetero) is 1. The van der Waals surface area contributed by atoms with Crippen molar-refractivity contribution in [2.75, 3.05) is 20.6 Å². The Morgan fingerprint density at radius 2 is 1.72 bits per heavy atom. The SMILES string of the molecule is CC(C)C[C@@H]1CC[C@@H](C)C[C@@]1(C)C(=O)N(CC(=O)c1ccccc1)C(=O)N(C)C. The van der Waals surface area contributed by atoms with Gasteiger partial charge in [0.1, 0.15) is 0 Å². The quantitative estimate of drug-likeness (QED) is 0.640. The summed E-state index contributed by atoms with van der Waals surface area (Å²) in [7, 11) is 3.24. The van der Waals surface area contributed by atoms with Gasteiger partial charge in [-0.3, -0.25) is 14.5 Å². The molecule has 1 aliphatic rings. The monoisotopic (exact) mass is 400 g/mol. The molecule has 29 heavy (non-hydrogen) atoms. The fourth-order valence-electron chi connectivity index (χ4n) is 4.64. The van der Waals surface area contributed by atoms with E-state index in [2.05, 4.69) is 20.8 Å². The molecule has 0 radical (unpaired) electrons. The molecule has 1 fully saturated rings. The molecule has 0 saturated heterocycles. The maximum Gasteiger partial charge on any atom is 0.326 e. The second-order valence-electron chi connectivity index (χ2n) is 9.49. The lowest BCUT2D eigenvalue weighted by atomic mass is 9.61. The molecule has 0 unspecified atom stereocenters. The summed E-state index contributed by atoms with van der Waals surface area (Å²) in [5.74, 6) is 0.688. The van der Waals surface area contributed by atoms with Crippen molar-refractivity contribution in [2.24, 2.45) is 23.2 Å². The number of carbonyl (C=O) groups excluding carboxylic acids is 3. The van der Waals surface area contributed by atoms with Crippen LogP contribution in [0, 0.1) is 23.2 Å². The van der Waals surface area contributed by atoms with E-state index in [1.54, 1.807) is 38.4 Å². The zero-order valence-corrected chi connectivity index (χ0v) is 18.8. The van der Waals surface area contributed by atoms with E-state index in [-0.39, 0.29) is 24.2 Å². The van der Waals surface area contributed by atoms with Gasteiger partial charge in [0, 0.05) is 19.7 Å². The number of amides is 3. The van der Waals surface area contributed by atoms with Gasteiger partial charge in [-0.15, -0.1) is 0 Å². The Morgan fingerprint density at radius 1 is 1.10 bits per heavy atom. The van der Waals surface area contributed by atoms with Crippen LogP contribution in [-0.2, 0) is 4.79 Å². The van der Waals surface area contributed by atoms with E-state index in [4.69, 9.17) is 0 Å². The third-order valence-electron chi connectivity index (χ3n) is 6.18. The van der Waals surface area contributed by atoms with Crippen molar-refractivity contribution in [3.05, 3.63) is 35.9 Å². The van der Waals surface area contributed by atoms with Crippen molar-refractivity contribution in [3.63, 3.8) is 0 Å². The average molecular weight is 401 g/mol. The summed E-state index contributed by atoms with van der Waals surface area (Å²) in [5, 5.41) is 0. The van der Waals surface area contributed by atoms with E-state index >= 15 is 0 Å². The molecule has 0 N–H and O–H groups in total. The Kier molecular flexibility index (Phi) is 7.61. The van der Waals surface area contributed by atoms with E-state index in [1.807, 2.05) is 13.0 Å². The summed E-state index contributed by atoms with van der Waals surface area (Å²) >= 11 is 0. The highest BCUT2D eigenvalue weighted by Gasteiger charge is 2.48. The molecule has 1 aromatic rings. The Morgan fingerprint density at radius 3 is 2.28 bits per heavy atom. The first kappa shape index (κ1) is 23.1. The highest BCUT2D eigenvalue weighted by molar-refractivity contribution is 6.05. The predicted octanol–water partition coefficient (Wildman–Crippen LogP) is 4.87. The van der Waals surface area contributed by atoms with E-state index in [1.165, 1.54) is 9.80 Å². The Labute approximate surface area is 175 Å². The number of ketones is 1. The van der Waals surface area contributed by atoms with Gasteiger partial charge >= 0.3 is 6.03 Å². The predicted molar refractivity (Wildman–Crippen MR) is 116 cm³/mol. The summed E-state index contributed by atoms with van der Waals surface area (Å²) < 4.78 is 0. The van der Waals surface area contributed by atoms with Crippen molar-refractivity contribution < 1.29 is 14.4 Å². The number of nitrogens with zero attached hydrogens (tertiary/aromatic N) is 2. The second kappa shape index (κ2) is 9.55. The van der Waals surface area contributed by atoms with Crippen LogP contribution in [0.1, 0.15) is 63.7 Å². The third-order valence-corrected chi connectivity index (χ3v) is 6.18. The fourth-order valence-corrected chi connectivity index (χ4v) is 4.64. The molecule has 5 nitrogen and oxygen atoms in total. The van der Waals surface area contributed by atoms with Gasteiger partial charge in [0.05, 0.1) is 12.0 Å². The van der Waals surface area contributed by atoms with Crippen molar-refractivity contribution >= 4 is 17.7 Å². The topological polar surface area (TPSA) is 57.7 Å². The first-order chi connectivity index (χ1) is 13.6. The molecule has 1 aromatic carbocycles. The Balaban J connectivity index is 2.36. The lowest BCUT2D eigenvalue weighted by Crippen LogP contribution is -2.54. The molecule has 0 heterocycles. The zero-order chi connectivity index (χ0) is 21.8. The molecule has 160 valence electrons. The van der Waals surface area contributed by atoms with Crippen LogP contribution in [0.5, 0.6) is 0 Å². The maximum atomic E-state index is 13.8. The third kappa shape index (κ3) is 5.46. The minimum Gasteiger partial charge on any atom is -0.330 e. The minimum absolute atomic E-state index is 0.210. The number of hydrogen-bond donors (Lipinski definition) is 0. The van der Waals surface area contributed by atoms with Crippen molar-refractivity contribution in [3.8, 4) is 0 Å².